The van der Waals surface area contributed by atoms with Crippen LogP contribution in [0.15, 0.2) is 11.6 Å². The van der Waals surface area contributed by atoms with E-state index in [1.165, 1.54) is 0 Å². The Hall–Kier alpha value is -0.880. The van der Waals surface area contributed by atoms with Gasteiger partial charge in [0.25, 0.3) is 12.4 Å². The topological polar surface area (TPSA) is 20.2 Å². The first kappa shape index (κ1) is 10.1. The molecule has 0 saturated carbocycles. The Labute approximate surface area is 56.9 Å². The summed E-state index contributed by atoms with van der Waals surface area (Å²) in [6.07, 6.45) is -9.60. The molecule has 7 heteroatoms. The van der Waals surface area contributed by atoms with Crippen molar-refractivity contribution < 1.29 is 31.4 Å². The lowest BCUT2D eigenvalue weighted by Crippen LogP contribution is -2.19. The summed E-state index contributed by atoms with van der Waals surface area (Å²) >= 11 is 0. The Bertz CT molecular complexity index is 164. The largest absolute Gasteiger partial charge is 0.486 e. The van der Waals surface area contributed by atoms with Crippen molar-refractivity contribution in [1.82, 2.24) is 0 Å². The summed E-state index contributed by atoms with van der Waals surface area (Å²) < 4.78 is 67.7. The number of allylic oxidation sites excluding steroid dienone is 1. The van der Waals surface area contributed by atoms with Gasteiger partial charge >= 0.3 is 6.18 Å². The molecule has 0 aliphatic rings. The number of hydrogen-bond donors (Lipinski definition) is 1. The average Bonchev–Trinajstić information content (AvgIpc) is 1.54. The van der Waals surface area contributed by atoms with Gasteiger partial charge in [-0.25, -0.2) is 8.78 Å². The van der Waals surface area contributed by atoms with E-state index in [4.69, 9.17) is 5.11 Å². The van der Waals surface area contributed by atoms with Crippen molar-refractivity contribution in [2.45, 2.75) is 12.6 Å². The number of aliphatic hydroxyl groups excluding tert-OH is 1. The van der Waals surface area contributed by atoms with Gasteiger partial charge in [0.05, 0.1) is 0 Å². The fourth-order valence-electron chi connectivity index (χ4n) is 0.331. The minimum absolute atomic E-state index is 2.85. The van der Waals surface area contributed by atoms with Gasteiger partial charge in [-0.2, -0.15) is 17.6 Å². The van der Waals surface area contributed by atoms with Gasteiger partial charge in [0.15, 0.2) is 5.57 Å². The van der Waals surface area contributed by atoms with Crippen LogP contribution in [0.4, 0.5) is 26.3 Å². The molecule has 0 aromatic heterocycles. The van der Waals surface area contributed by atoms with Crippen molar-refractivity contribution in [2.75, 3.05) is 0 Å². The third-order valence-corrected chi connectivity index (χ3v) is 0.746. The lowest BCUT2D eigenvalue weighted by Gasteiger charge is -2.08. The van der Waals surface area contributed by atoms with Crippen LogP contribution in [0, 0.1) is 0 Å². The van der Waals surface area contributed by atoms with Gasteiger partial charge in [-0.1, -0.05) is 0 Å². The van der Waals surface area contributed by atoms with E-state index in [0.717, 1.165) is 0 Å². The number of alkyl halides is 5. The molecule has 1 nitrogen and oxygen atoms in total. The lowest BCUT2D eigenvalue weighted by molar-refractivity contribution is -0.114. The molecule has 0 radical (unpaired) electrons. The molecule has 66 valence electrons. The summed E-state index contributed by atoms with van der Waals surface area (Å²) in [4.78, 5) is 0. The van der Waals surface area contributed by atoms with E-state index in [-0.39, 0.29) is 0 Å². The fourth-order valence-corrected chi connectivity index (χ4v) is 0.331. The van der Waals surface area contributed by atoms with Gasteiger partial charge in [-0.05, 0) is 0 Å². The minimum atomic E-state index is -5.53. The molecule has 0 unspecified atom stereocenters. The number of rotatable bonds is 1. The Morgan fingerprint density at radius 3 is 1.55 bits per heavy atom. The molecule has 11 heavy (non-hydrogen) atoms. The summed E-state index contributed by atoms with van der Waals surface area (Å²) in [5.74, 6) is 0. The molecule has 0 spiro atoms. The standard InChI is InChI=1S/C4H2F6O/c5-2(6)1(3(7)11)4(8,9)10/h2,11H. The van der Waals surface area contributed by atoms with Crippen LogP contribution in [-0.2, 0) is 0 Å². The van der Waals surface area contributed by atoms with E-state index < -0.39 is 24.2 Å². The molecule has 0 bridgehead atoms. The Kier molecular flexibility index (Phi) is 2.77. The van der Waals surface area contributed by atoms with E-state index in [0.29, 0.717) is 0 Å². The molecule has 0 rings (SSSR count). The van der Waals surface area contributed by atoms with Gasteiger partial charge in [0.1, 0.15) is 0 Å². The average molecular weight is 180 g/mol. The van der Waals surface area contributed by atoms with Crippen molar-refractivity contribution in [2.24, 2.45) is 0 Å². The van der Waals surface area contributed by atoms with E-state index in [9.17, 15) is 26.3 Å². The van der Waals surface area contributed by atoms with Crippen LogP contribution in [-0.4, -0.2) is 17.7 Å². The highest BCUT2D eigenvalue weighted by Gasteiger charge is 2.43. The minimum Gasteiger partial charge on any atom is -0.486 e. The van der Waals surface area contributed by atoms with Gasteiger partial charge in [0.2, 0.25) is 0 Å². The van der Waals surface area contributed by atoms with Crippen molar-refractivity contribution in [1.29, 1.82) is 0 Å². The lowest BCUT2D eigenvalue weighted by atomic mass is 10.3. The summed E-state index contributed by atoms with van der Waals surface area (Å²) in [7, 11) is 0. The number of hydrogen-bond acceptors (Lipinski definition) is 1. The van der Waals surface area contributed by atoms with Crippen molar-refractivity contribution >= 4 is 0 Å². The number of halogens is 6. The van der Waals surface area contributed by atoms with Gasteiger partial charge < -0.3 is 5.11 Å². The van der Waals surface area contributed by atoms with Crippen LogP contribution in [0.3, 0.4) is 0 Å². The van der Waals surface area contributed by atoms with Crippen LogP contribution < -0.4 is 0 Å². The molecule has 0 heterocycles. The van der Waals surface area contributed by atoms with Crippen molar-refractivity contribution in [3.8, 4) is 0 Å². The molecule has 0 saturated heterocycles. The summed E-state index contributed by atoms with van der Waals surface area (Å²) in [6, 6.07) is -2.90. The van der Waals surface area contributed by atoms with Crippen LogP contribution >= 0.6 is 0 Å². The third-order valence-electron chi connectivity index (χ3n) is 0.746. The highest BCUT2D eigenvalue weighted by molar-refractivity contribution is 5.11. The Morgan fingerprint density at radius 2 is 1.55 bits per heavy atom. The monoisotopic (exact) mass is 180 g/mol. The third kappa shape index (κ3) is 2.69. The molecule has 0 aromatic carbocycles. The highest BCUT2D eigenvalue weighted by Crippen LogP contribution is 2.32. The maximum atomic E-state index is 11.3. The molecule has 0 aliphatic carbocycles. The van der Waals surface area contributed by atoms with Crippen molar-refractivity contribution in [3.63, 3.8) is 0 Å². The van der Waals surface area contributed by atoms with E-state index in [1.54, 1.807) is 0 Å². The summed E-state index contributed by atoms with van der Waals surface area (Å²) in [5, 5.41) is 7.53. The first-order valence-corrected chi connectivity index (χ1v) is 2.20. The summed E-state index contributed by atoms with van der Waals surface area (Å²) in [6.45, 7) is 0. The molecule has 0 aliphatic heterocycles. The maximum absolute atomic E-state index is 11.3. The Morgan fingerprint density at radius 1 is 1.18 bits per heavy atom. The predicted octanol–water partition coefficient (Wildman–Crippen LogP) is 2.55. The van der Waals surface area contributed by atoms with Gasteiger partial charge in [0, 0.05) is 0 Å². The molecular weight excluding hydrogens is 178 g/mol. The molecule has 0 aromatic rings. The predicted molar refractivity (Wildman–Crippen MR) is 22.8 cm³/mol. The molecule has 1 N–H and O–H groups in total. The Balaban J connectivity index is 4.80. The quantitative estimate of drug-likeness (QED) is 0.485. The van der Waals surface area contributed by atoms with E-state index >= 15 is 0 Å². The van der Waals surface area contributed by atoms with Gasteiger partial charge in [-0.15, -0.1) is 0 Å². The van der Waals surface area contributed by atoms with Crippen LogP contribution in [0.25, 0.3) is 0 Å². The van der Waals surface area contributed by atoms with Gasteiger partial charge in [-0.3, -0.25) is 0 Å². The van der Waals surface area contributed by atoms with E-state index in [2.05, 4.69) is 0 Å². The zero-order valence-electron chi connectivity index (χ0n) is 4.79. The van der Waals surface area contributed by atoms with Crippen molar-refractivity contribution in [3.05, 3.63) is 11.6 Å². The van der Waals surface area contributed by atoms with Crippen LogP contribution in [0.2, 0.25) is 0 Å². The molecule has 0 atom stereocenters. The SMILES string of the molecule is OC(F)=C(C(F)F)C(F)(F)F. The second-order valence-electron chi connectivity index (χ2n) is 1.50. The first-order chi connectivity index (χ1) is 4.76. The van der Waals surface area contributed by atoms with Crippen LogP contribution in [0.5, 0.6) is 0 Å². The molecular formula is C4H2F6O. The second-order valence-corrected chi connectivity index (χ2v) is 1.50. The maximum Gasteiger partial charge on any atom is 0.424 e. The smallest absolute Gasteiger partial charge is 0.424 e. The first-order valence-electron chi connectivity index (χ1n) is 2.20. The zero-order valence-corrected chi connectivity index (χ0v) is 4.79. The zero-order chi connectivity index (χ0) is 9.23. The van der Waals surface area contributed by atoms with E-state index in [1.807, 2.05) is 0 Å². The normalized spacial score (nSPS) is 15.2. The molecule has 0 fully saturated rings. The highest BCUT2D eigenvalue weighted by atomic mass is 19.4. The molecule has 0 amide bonds. The van der Waals surface area contributed by atoms with Crippen LogP contribution in [0.1, 0.15) is 0 Å². The summed E-state index contributed by atoms with van der Waals surface area (Å²) in [5.41, 5.74) is -2.85. The fraction of sp³-hybridized carbons (Fsp3) is 0.500. The number of aliphatic hydroxyl groups is 1. The second kappa shape index (κ2) is 3.02.